The van der Waals surface area contributed by atoms with E-state index in [1.54, 1.807) is 21.8 Å². The molecule has 0 aromatic carbocycles. The van der Waals surface area contributed by atoms with Gasteiger partial charge in [-0.3, -0.25) is 0 Å². The third kappa shape index (κ3) is 2.44. The van der Waals surface area contributed by atoms with Crippen LogP contribution in [0.3, 0.4) is 0 Å². The minimum absolute atomic E-state index is 0.354. The molecule has 1 unspecified atom stereocenters. The van der Waals surface area contributed by atoms with Crippen LogP contribution < -0.4 is 5.32 Å². The minimum Gasteiger partial charge on any atom is -0.303 e. The van der Waals surface area contributed by atoms with Crippen LogP contribution in [0.15, 0.2) is 17.6 Å². The fourth-order valence-corrected chi connectivity index (χ4v) is 4.15. The first-order valence-electron chi connectivity index (χ1n) is 6.06. The number of hydrogen-bond acceptors (Lipinski definition) is 4. The Kier molecular flexibility index (Phi) is 3.27. The number of rotatable bonds is 4. The van der Waals surface area contributed by atoms with E-state index in [1.165, 1.54) is 29.1 Å². The maximum absolute atomic E-state index is 4.34. The predicted octanol–water partition coefficient (Wildman–Crippen LogP) is 3.54. The smallest absolute Gasteiger partial charge is 0.109 e. The zero-order valence-corrected chi connectivity index (χ0v) is 11.5. The van der Waals surface area contributed by atoms with E-state index in [0.717, 1.165) is 6.54 Å². The Bertz CT molecular complexity index is 466. The van der Waals surface area contributed by atoms with Crippen molar-refractivity contribution in [1.29, 1.82) is 0 Å². The fourth-order valence-electron chi connectivity index (χ4n) is 2.27. The van der Waals surface area contributed by atoms with Crippen molar-refractivity contribution in [2.45, 2.75) is 38.8 Å². The zero-order valence-electron chi connectivity index (χ0n) is 9.90. The molecule has 1 aliphatic rings. The summed E-state index contributed by atoms with van der Waals surface area (Å²) in [6.45, 7) is 3.15. The molecule has 3 rings (SSSR count). The summed E-state index contributed by atoms with van der Waals surface area (Å²) in [5.74, 6) is 0. The van der Waals surface area contributed by atoms with Gasteiger partial charge in [0.2, 0.25) is 0 Å². The summed E-state index contributed by atoms with van der Waals surface area (Å²) in [5.41, 5.74) is 1.59. The molecule has 0 saturated heterocycles. The van der Waals surface area contributed by atoms with Gasteiger partial charge < -0.3 is 5.32 Å². The second-order valence-corrected chi connectivity index (χ2v) is 6.64. The van der Waals surface area contributed by atoms with Gasteiger partial charge in [0.05, 0.1) is 6.04 Å². The molecule has 90 valence electrons. The second-order valence-electron chi connectivity index (χ2n) is 4.49. The molecule has 0 radical (unpaired) electrons. The van der Waals surface area contributed by atoms with E-state index < -0.39 is 0 Å². The van der Waals surface area contributed by atoms with Gasteiger partial charge in [0, 0.05) is 27.9 Å². The van der Waals surface area contributed by atoms with Crippen molar-refractivity contribution in [3.05, 3.63) is 38.0 Å². The van der Waals surface area contributed by atoms with Crippen LogP contribution in [0.1, 0.15) is 39.7 Å². The zero-order chi connectivity index (χ0) is 11.7. The number of nitrogens with one attached hydrogen (secondary N) is 1. The number of thiophene rings is 1. The number of thiazole rings is 1. The highest BCUT2D eigenvalue weighted by Gasteiger charge is 2.15. The molecule has 4 heteroatoms. The molecule has 1 N–H and O–H groups in total. The summed E-state index contributed by atoms with van der Waals surface area (Å²) in [6, 6.07) is 2.74. The topological polar surface area (TPSA) is 24.9 Å². The molecule has 1 atom stereocenters. The fraction of sp³-hybridized carbons (Fsp3) is 0.462. The van der Waals surface area contributed by atoms with E-state index in [1.807, 2.05) is 22.9 Å². The quantitative estimate of drug-likeness (QED) is 0.913. The number of aromatic nitrogens is 1. The average molecular weight is 264 g/mol. The summed E-state index contributed by atoms with van der Waals surface area (Å²) in [7, 11) is 0. The average Bonchev–Trinajstić information content (AvgIpc) is 3.01. The lowest BCUT2D eigenvalue weighted by Crippen LogP contribution is -2.17. The lowest BCUT2D eigenvalue weighted by atomic mass is 10.2. The van der Waals surface area contributed by atoms with E-state index in [0.29, 0.717) is 6.04 Å². The van der Waals surface area contributed by atoms with E-state index in [9.17, 15) is 0 Å². The van der Waals surface area contributed by atoms with Crippen LogP contribution in [0.25, 0.3) is 0 Å². The molecule has 0 spiro atoms. The first kappa shape index (κ1) is 11.4. The van der Waals surface area contributed by atoms with E-state index >= 15 is 0 Å². The largest absolute Gasteiger partial charge is 0.303 e. The van der Waals surface area contributed by atoms with Crippen molar-refractivity contribution < 1.29 is 0 Å². The third-order valence-corrected chi connectivity index (χ3v) is 5.40. The summed E-state index contributed by atoms with van der Waals surface area (Å²) >= 11 is 3.70. The van der Waals surface area contributed by atoms with Crippen LogP contribution in [0.4, 0.5) is 0 Å². The second kappa shape index (κ2) is 4.88. The Balaban J connectivity index is 1.60. The number of fused-ring (bicyclic) bond motifs is 1. The van der Waals surface area contributed by atoms with Crippen LogP contribution in [-0.2, 0) is 19.4 Å². The van der Waals surface area contributed by atoms with Crippen molar-refractivity contribution in [2.24, 2.45) is 0 Å². The van der Waals surface area contributed by atoms with Crippen molar-refractivity contribution in [1.82, 2.24) is 10.3 Å². The highest BCUT2D eigenvalue weighted by atomic mass is 32.1. The van der Waals surface area contributed by atoms with Crippen molar-refractivity contribution in [3.8, 4) is 0 Å². The van der Waals surface area contributed by atoms with Gasteiger partial charge in [-0.2, -0.15) is 0 Å². The summed E-state index contributed by atoms with van der Waals surface area (Å²) in [6.07, 6.45) is 5.80. The number of nitrogens with zero attached hydrogens (tertiary/aromatic N) is 1. The van der Waals surface area contributed by atoms with Gasteiger partial charge in [-0.05, 0) is 37.8 Å². The van der Waals surface area contributed by atoms with Gasteiger partial charge in [0.1, 0.15) is 5.01 Å². The van der Waals surface area contributed by atoms with Gasteiger partial charge >= 0.3 is 0 Å². The van der Waals surface area contributed by atoms with Crippen LogP contribution in [0, 0.1) is 0 Å². The Hall–Kier alpha value is -0.710. The van der Waals surface area contributed by atoms with Gasteiger partial charge in [0.15, 0.2) is 0 Å². The molecular weight excluding hydrogens is 248 g/mol. The van der Waals surface area contributed by atoms with Gasteiger partial charge in [0.25, 0.3) is 0 Å². The van der Waals surface area contributed by atoms with Crippen molar-refractivity contribution >= 4 is 22.7 Å². The number of hydrogen-bond donors (Lipinski definition) is 1. The molecule has 0 fully saturated rings. The molecule has 2 aromatic rings. The molecule has 2 nitrogen and oxygen atoms in total. The summed E-state index contributed by atoms with van der Waals surface area (Å²) in [5, 5.41) is 6.76. The van der Waals surface area contributed by atoms with Gasteiger partial charge in [-0.1, -0.05) is 0 Å². The maximum Gasteiger partial charge on any atom is 0.109 e. The molecule has 0 amide bonds. The summed E-state index contributed by atoms with van der Waals surface area (Å²) < 4.78 is 0. The Morgan fingerprint density at radius 2 is 2.41 bits per heavy atom. The van der Waals surface area contributed by atoms with Gasteiger partial charge in [-0.25, -0.2) is 4.98 Å². The molecule has 1 aliphatic carbocycles. The standard InChI is InChI=1S/C13H16N2S2/c1-9(13-14-5-6-16-13)15-8-11-7-10-3-2-4-12(10)17-11/h5-7,9,15H,2-4,8H2,1H3. The van der Waals surface area contributed by atoms with Crippen molar-refractivity contribution in [3.63, 3.8) is 0 Å². The molecule has 0 saturated carbocycles. The lowest BCUT2D eigenvalue weighted by molar-refractivity contribution is 0.576. The highest BCUT2D eigenvalue weighted by molar-refractivity contribution is 7.12. The van der Waals surface area contributed by atoms with Crippen LogP contribution >= 0.6 is 22.7 Å². The Morgan fingerprint density at radius 3 is 3.18 bits per heavy atom. The van der Waals surface area contributed by atoms with Crippen LogP contribution in [-0.4, -0.2) is 4.98 Å². The predicted molar refractivity (Wildman–Crippen MR) is 73.7 cm³/mol. The third-order valence-electron chi connectivity index (χ3n) is 3.20. The molecule has 2 heterocycles. The van der Waals surface area contributed by atoms with E-state index in [4.69, 9.17) is 0 Å². The normalized spacial score (nSPS) is 16.1. The van der Waals surface area contributed by atoms with E-state index in [2.05, 4.69) is 23.3 Å². The Labute approximate surface area is 110 Å². The number of aryl methyl sites for hydroxylation is 2. The molecular formula is C13H16N2S2. The van der Waals surface area contributed by atoms with Crippen molar-refractivity contribution in [2.75, 3.05) is 0 Å². The Morgan fingerprint density at radius 1 is 1.47 bits per heavy atom. The van der Waals surface area contributed by atoms with Gasteiger partial charge in [-0.15, -0.1) is 22.7 Å². The first-order valence-corrected chi connectivity index (χ1v) is 7.76. The van der Waals surface area contributed by atoms with Crippen LogP contribution in [0.2, 0.25) is 0 Å². The maximum atomic E-state index is 4.34. The SMILES string of the molecule is CC(NCc1cc2c(s1)CCC2)c1nccs1. The molecule has 0 aliphatic heterocycles. The molecule has 0 bridgehead atoms. The molecule has 17 heavy (non-hydrogen) atoms. The lowest BCUT2D eigenvalue weighted by Gasteiger charge is -2.09. The molecule has 2 aromatic heterocycles. The highest BCUT2D eigenvalue weighted by Crippen LogP contribution is 2.30. The van der Waals surface area contributed by atoms with Crippen LogP contribution in [0.5, 0.6) is 0 Å². The minimum atomic E-state index is 0.354. The summed E-state index contributed by atoms with van der Waals surface area (Å²) in [4.78, 5) is 7.42. The van der Waals surface area contributed by atoms with E-state index in [-0.39, 0.29) is 0 Å². The monoisotopic (exact) mass is 264 g/mol. The first-order chi connectivity index (χ1) is 8.33.